The summed E-state index contributed by atoms with van der Waals surface area (Å²) in [4.78, 5) is 26.1. The molecule has 2 aromatic heterocycles. The fourth-order valence-electron chi connectivity index (χ4n) is 5.57. The highest BCUT2D eigenvalue weighted by Crippen LogP contribution is 2.36. The van der Waals surface area contributed by atoms with Gasteiger partial charge in [0.1, 0.15) is 11.9 Å². The number of carbonyl (C=O) groups excluding carboxylic acids is 1. The van der Waals surface area contributed by atoms with E-state index in [2.05, 4.69) is 44.4 Å². The third kappa shape index (κ3) is 4.92. The Morgan fingerprint density at radius 1 is 1.14 bits per heavy atom. The second-order valence-corrected chi connectivity index (χ2v) is 10.9. The van der Waals surface area contributed by atoms with Gasteiger partial charge in [0.15, 0.2) is 0 Å². The predicted octanol–water partition coefficient (Wildman–Crippen LogP) is 3.56. The van der Waals surface area contributed by atoms with Gasteiger partial charge < -0.3 is 19.7 Å². The first-order valence-electron chi connectivity index (χ1n) is 13.0. The Bertz CT molecular complexity index is 1200. The van der Waals surface area contributed by atoms with Gasteiger partial charge in [-0.2, -0.15) is 0 Å². The molecule has 0 bridgehead atoms. The number of carbonyl (C=O) groups is 1. The summed E-state index contributed by atoms with van der Waals surface area (Å²) in [6.45, 7) is 8.73. The molecule has 1 N–H and O–H groups in total. The molecular weight excluding hydrogens is 474 g/mol. The maximum Gasteiger partial charge on any atom is 0.220 e. The van der Waals surface area contributed by atoms with Gasteiger partial charge in [-0.15, -0.1) is 11.3 Å². The number of fused-ring (bicyclic) bond motifs is 1. The molecule has 0 spiro atoms. The number of thiazole rings is 1. The van der Waals surface area contributed by atoms with Crippen molar-refractivity contribution >= 4 is 33.1 Å². The SMILES string of the molecule is C[C@@H](Oc1cc(-c2ccc(N3CCN(C4CCOCC4)CC3)cn2)cc2ncsc12)[C@H]1CNC(=O)C1. The highest BCUT2D eigenvalue weighted by Gasteiger charge is 2.29. The first-order chi connectivity index (χ1) is 17.6. The first-order valence-corrected chi connectivity index (χ1v) is 13.9. The molecule has 8 nitrogen and oxygen atoms in total. The van der Waals surface area contributed by atoms with Gasteiger partial charge in [-0.25, -0.2) is 4.98 Å². The lowest BCUT2D eigenvalue weighted by Gasteiger charge is -2.41. The Hall–Kier alpha value is -2.75. The number of pyridine rings is 1. The Morgan fingerprint density at radius 3 is 2.69 bits per heavy atom. The fraction of sp³-hybridized carbons (Fsp3) is 0.519. The monoisotopic (exact) mass is 507 g/mol. The zero-order valence-electron chi connectivity index (χ0n) is 20.7. The van der Waals surface area contributed by atoms with Crippen molar-refractivity contribution in [2.75, 3.05) is 50.8 Å². The molecule has 190 valence electrons. The summed E-state index contributed by atoms with van der Waals surface area (Å²) in [5.74, 6) is 1.09. The van der Waals surface area contributed by atoms with Crippen LogP contribution in [0.15, 0.2) is 36.0 Å². The number of benzene rings is 1. The van der Waals surface area contributed by atoms with Crippen LogP contribution in [0.4, 0.5) is 5.69 Å². The molecule has 0 radical (unpaired) electrons. The summed E-state index contributed by atoms with van der Waals surface area (Å²) in [7, 11) is 0. The zero-order valence-corrected chi connectivity index (χ0v) is 21.5. The molecule has 3 aliphatic heterocycles. The van der Waals surface area contributed by atoms with Gasteiger partial charge in [-0.3, -0.25) is 14.7 Å². The third-order valence-corrected chi connectivity index (χ3v) is 8.67. The normalized spacial score (nSPS) is 22.6. The number of piperazine rings is 1. The number of amides is 1. The number of rotatable bonds is 6. The lowest BCUT2D eigenvalue weighted by Crippen LogP contribution is -2.51. The lowest BCUT2D eigenvalue weighted by atomic mass is 10.0. The number of aromatic nitrogens is 2. The van der Waals surface area contributed by atoms with E-state index >= 15 is 0 Å². The van der Waals surface area contributed by atoms with Crippen molar-refractivity contribution in [1.29, 1.82) is 0 Å². The maximum absolute atomic E-state index is 11.7. The minimum Gasteiger partial charge on any atom is -0.489 e. The van der Waals surface area contributed by atoms with Crippen molar-refractivity contribution in [3.63, 3.8) is 0 Å². The minimum absolute atomic E-state index is 0.0698. The van der Waals surface area contributed by atoms with Crippen LogP contribution >= 0.6 is 11.3 Å². The summed E-state index contributed by atoms with van der Waals surface area (Å²) in [6.07, 6.45) is 4.74. The summed E-state index contributed by atoms with van der Waals surface area (Å²) >= 11 is 1.58. The van der Waals surface area contributed by atoms with E-state index < -0.39 is 0 Å². The van der Waals surface area contributed by atoms with Crippen LogP contribution in [0.2, 0.25) is 0 Å². The number of ether oxygens (including phenoxy) is 2. The minimum atomic E-state index is -0.0698. The molecule has 3 aliphatic rings. The smallest absolute Gasteiger partial charge is 0.220 e. The summed E-state index contributed by atoms with van der Waals surface area (Å²) in [5, 5.41) is 2.91. The van der Waals surface area contributed by atoms with Crippen LogP contribution in [0.3, 0.4) is 0 Å². The van der Waals surface area contributed by atoms with E-state index in [1.165, 1.54) is 5.69 Å². The van der Waals surface area contributed by atoms with E-state index in [0.717, 1.165) is 79.5 Å². The molecular formula is C27H33N5O3S. The van der Waals surface area contributed by atoms with E-state index in [0.29, 0.717) is 19.0 Å². The van der Waals surface area contributed by atoms with E-state index in [4.69, 9.17) is 14.5 Å². The summed E-state index contributed by atoms with van der Waals surface area (Å²) < 4.78 is 12.9. The first kappa shape index (κ1) is 23.6. The van der Waals surface area contributed by atoms with Crippen molar-refractivity contribution < 1.29 is 14.3 Å². The van der Waals surface area contributed by atoms with E-state index in [1.807, 2.05) is 18.6 Å². The van der Waals surface area contributed by atoms with Crippen LogP contribution in [-0.4, -0.2) is 78.9 Å². The van der Waals surface area contributed by atoms with Gasteiger partial charge >= 0.3 is 0 Å². The number of hydrogen-bond donors (Lipinski definition) is 1. The Labute approximate surface area is 215 Å². The van der Waals surface area contributed by atoms with Crippen LogP contribution in [0.25, 0.3) is 21.5 Å². The molecule has 3 saturated heterocycles. The van der Waals surface area contributed by atoms with Gasteiger partial charge in [-0.05, 0) is 44.0 Å². The average molecular weight is 508 g/mol. The van der Waals surface area contributed by atoms with Crippen LogP contribution in [0.5, 0.6) is 5.75 Å². The maximum atomic E-state index is 11.7. The Morgan fingerprint density at radius 2 is 1.97 bits per heavy atom. The quantitative estimate of drug-likeness (QED) is 0.547. The van der Waals surface area contributed by atoms with Crippen molar-refractivity contribution in [1.82, 2.24) is 20.2 Å². The molecule has 5 heterocycles. The lowest BCUT2D eigenvalue weighted by molar-refractivity contribution is -0.119. The zero-order chi connectivity index (χ0) is 24.5. The van der Waals surface area contributed by atoms with Crippen molar-refractivity contribution in [3.8, 4) is 17.0 Å². The molecule has 1 aromatic carbocycles. The summed E-state index contributed by atoms with van der Waals surface area (Å²) in [5.41, 5.74) is 5.83. The van der Waals surface area contributed by atoms with Gasteiger partial charge in [-0.1, -0.05) is 0 Å². The predicted molar refractivity (Wildman–Crippen MR) is 142 cm³/mol. The van der Waals surface area contributed by atoms with Crippen molar-refractivity contribution in [2.45, 2.75) is 38.3 Å². The largest absolute Gasteiger partial charge is 0.489 e. The van der Waals surface area contributed by atoms with Gasteiger partial charge in [0.05, 0.1) is 33.3 Å². The second kappa shape index (κ2) is 10.3. The van der Waals surface area contributed by atoms with E-state index in [9.17, 15) is 4.79 Å². The molecule has 9 heteroatoms. The summed E-state index contributed by atoms with van der Waals surface area (Å²) in [6, 6.07) is 9.10. The number of hydrogen-bond acceptors (Lipinski definition) is 8. The molecule has 3 fully saturated rings. The van der Waals surface area contributed by atoms with Gasteiger partial charge in [0, 0.05) is 69.9 Å². The molecule has 6 rings (SSSR count). The third-order valence-electron chi connectivity index (χ3n) is 7.81. The van der Waals surface area contributed by atoms with Crippen LogP contribution in [0, 0.1) is 5.92 Å². The molecule has 1 amide bonds. The van der Waals surface area contributed by atoms with Crippen LogP contribution < -0.4 is 15.0 Å². The van der Waals surface area contributed by atoms with Gasteiger partial charge in [0.25, 0.3) is 0 Å². The standard InChI is InChI=1S/C27H33N5O3S/c1-18(20-14-26(33)29-15-20)35-25-13-19(12-24-27(25)36-17-30-24)23-3-2-22(16-28-23)32-8-6-31(7-9-32)21-4-10-34-11-5-21/h2-3,12-13,16-18,20-21H,4-11,14-15H2,1H3,(H,29,33)/t18-,20-/m1/s1. The Kier molecular flexibility index (Phi) is 6.77. The molecule has 0 saturated carbocycles. The van der Waals surface area contributed by atoms with E-state index in [1.54, 1.807) is 11.3 Å². The molecule has 3 aromatic rings. The van der Waals surface area contributed by atoms with Crippen LogP contribution in [-0.2, 0) is 9.53 Å². The molecule has 2 atom stereocenters. The second-order valence-electron chi connectivity index (χ2n) is 10.0. The average Bonchev–Trinajstić information content (AvgIpc) is 3.59. The van der Waals surface area contributed by atoms with Crippen LogP contribution in [0.1, 0.15) is 26.2 Å². The highest BCUT2D eigenvalue weighted by atomic mass is 32.1. The fourth-order valence-corrected chi connectivity index (χ4v) is 6.30. The van der Waals surface area contributed by atoms with Gasteiger partial charge in [0.2, 0.25) is 5.91 Å². The topological polar surface area (TPSA) is 79.8 Å². The number of anilines is 1. The van der Waals surface area contributed by atoms with E-state index in [-0.39, 0.29) is 17.9 Å². The molecule has 0 aliphatic carbocycles. The molecule has 36 heavy (non-hydrogen) atoms. The highest BCUT2D eigenvalue weighted by molar-refractivity contribution is 7.17. The van der Waals surface area contributed by atoms with Crippen molar-refractivity contribution in [2.24, 2.45) is 5.92 Å². The Balaban J connectivity index is 1.15. The van der Waals surface area contributed by atoms with Crippen molar-refractivity contribution in [3.05, 3.63) is 36.0 Å². The molecule has 0 unspecified atom stereocenters. The number of nitrogens with zero attached hydrogens (tertiary/aromatic N) is 4. The number of nitrogens with one attached hydrogen (secondary N) is 1.